The number of aromatic nitrogens is 3. The summed E-state index contributed by atoms with van der Waals surface area (Å²) in [6.45, 7) is 4.45. The zero-order valence-electron chi connectivity index (χ0n) is 21.4. The van der Waals surface area contributed by atoms with E-state index in [1.54, 1.807) is 0 Å². The van der Waals surface area contributed by atoms with Crippen molar-refractivity contribution in [3.05, 3.63) is 59.7 Å². The second-order valence-electron chi connectivity index (χ2n) is 10.1. The molecule has 0 unspecified atom stereocenters. The van der Waals surface area contributed by atoms with Crippen molar-refractivity contribution in [1.29, 1.82) is 0 Å². The Morgan fingerprint density at radius 1 is 1.16 bits per heavy atom. The highest BCUT2D eigenvalue weighted by atomic mass is 19.3. The van der Waals surface area contributed by atoms with Gasteiger partial charge in [-0.25, -0.2) is 8.78 Å². The van der Waals surface area contributed by atoms with E-state index in [4.69, 9.17) is 14.2 Å². The Labute approximate surface area is 214 Å². The van der Waals surface area contributed by atoms with Crippen LogP contribution in [0.25, 0.3) is 33.3 Å². The number of rotatable bonds is 7. The molecular weight excluding hydrogens is 476 g/mol. The van der Waals surface area contributed by atoms with Crippen molar-refractivity contribution < 1.29 is 22.8 Å². The van der Waals surface area contributed by atoms with Gasteiger partial charge >= 0.3 is 5.97 Å². The molecule has 37 heavy (non-hydrogen) atoms. The van der Waals surface area contributed by atoms with Gasteiger partial charge < -0.3 is 13.8 Å². The number of halogens is 2. The molecule has 1 saturated carbocycles. The molecule has 5 rings (SSSR count). The molecule has 8 heteroatoms. The smallest absolute Gasteiger partial charge is 0.305 e. The number of carbonyl (C=O) groups is 1. The fourth-order valence-corrected chi connectivity index (χ4v) is 5.32. The van der Waals surface area contributed by atoms with E-state index >= 15 is 0 Å². The highest BCUT2D eigenvalue weighted by Gasteiger charge is 2.35. The molecule has 4 aromatic rings. The Morgan fingerprint density at radius 2 is 1.89 bits per heavy atom. The van der Waals surface area contributed by atoms with E-state index in [0.29, 0.717) is 32.2 Å². The number of fused-ring (bicyclic) bond motifs is 1. The summed E-state index contributed by atoms with van der Waals surface area (Å²) in [5, 5.41) is 4.09. The number of pyridine rings is 1. The Morgan fingerprint density at radius 3 is 2.54 bits per heavy atom. The third-order valence-corrected chi connectivity index (χ3v) is 7.44. The van der Waals surface area contributed by atoms with Gasteiger partial charge in [0.1, 0.15) is 5.76 Å². The van der Waals surface area contributed by atoms with Crippen molar-refractivity contribution in [3.63, 3.8) is 0 Å². The first-order valence-corrected chi connectivity index (χ1v) is 12.7. The molecule has 0 atom stereocenters. The lowest BCUT2D eigenvalue weighted by atomic mass is 9.87. The van der Waals surface area contributed by atoms with Crippen molar-refractivity contribution >= 4 is 17.0 Å². The van der Waals surface area contributed by atoms with Crippen molar-refractivity contribution in [2.24, 2.45) is 5.92 Å². The van der Waals surface area contributed by atoms with Crippen molar-refractivity contribution in [2.75, 3.05) is 7.11 Å². The molecule has 1 aromatic carbocycles. The predicted octanol–water partition coefficient (Wildman–Crippen LogP) is 6.91. The molecule has 0 aliphatic heterocycles. The van der Waals surface area contributed by atoms with Crippen molar-refractivity contribution in [1.82, 2.24) is 14.7 Å². The third kappa shape index (κ3) is 5.29. The number of carbonyl (C=O) groups excluding carboxylic acids is 1. The number of aryl methyl sites for hydroxylation is 3. The van der Waals surface area contributed by atoms with Crippen LogP contribution in [-0.4, -0.2) is 33.7 Å². The largest absolute Gasteiger partial charge is 0.469 e. The first kappa shape index (κ1) is 25.1. The first-order valence-electron chi connectivity index (χ1n) is 12.7. The second kappa shape index (κ2) is 10.1. The fourth-order valence-electron chi connectivity index (χ4n) is 5.32. The normalized spacial score (nSPS) is 15.8. The zero-order valence-corrected chi connectivity index (χ0v) is 21.4. The minimum atomic E-state index is -2.55. The van der Waals surface area contributed by atoms with E-state index in [0.717, 1.165) is 50.3 Å². The van der Waals surface area contributed by atoms with Gasteiger partial charge in [-0.05, 0) is 56.2 Å². The molecule has 0 saturated heterocycles. The van der Waals surface area contributed by atoms with Crippen LogP contribution in [0.15, 0.2) is 47.2 Å². The lowest BCUT2D eigenvalue weighted by molar-refractivity contribution is -0.140. The van der Waals surface area contributed by atoms with Gasteiger partial charge in [-0.15, -0.1) is 0 Å². The first-order chi connectivity index (χ1) is 17.7. The molecule has 1 fully saturated rings. The van der Waals surface area contributed by atoms with E-state index in [9.17, 15) is 13.6 Å². The predicted molar refractivity (Wildman–Crippen MR) is 137 cm³/mol. The van der Waals surface area contributed by atoms with E-state index in [-0.39, 0.29) is 24.7 Å². The maximum atomic E-state index is 13.8. The van der Waals surface area contributed by atoms with E-state index in [2.05, 4.69) is 22.0 Å². The monoisotopic (exact) mass is 507 g/mol. The van der Waals surface area contributed by atoms with Crippen LogP contribution in [0.2, 0.25) is 0 Å². The number of esters is 1. The Bertz CT molecular complexity index is 1390. The Hall–Kier alpha value is -3.55. The van der Waals surface area contributed by atoms with Gasteiger partial charge in [-0.2, -0.15) is 0 Å². The van der Waals surface area contributed by atoms with Crippen LogP contribution in [0.3, 0.4) is 0 Å². The molecule has 1 aliphatic carbocycles. The summed E-state index contributed by atoms with van der Waals surface area (Å²) in [6.07, 6.45) is 5.78. The Kier molecular flexibility index (Phi) is 6.84. The SMILES string of the molecule is COC(=O)CCc1ccc(-c2cn(CC3CCC(F)(F)CC3)c3cc(-c4c(C)noc4C)cnc23)cc1. The number of alkyl halides is 2. The molecule has 3 heterocycles. The molecule has 0 N–H and O–H groups in total. The van der Waals surface area contributed by atoms with Crippen LogP contribution in [0.5, 0.6) is 0 Å². The van der Waals surface area contributed by atoms with E-state index < -0.39 is 5.92 Å². The van der Waals surface area contributed by atoms with Crippen LogP contribution < -0.4 is 0 Å². The summed E-state index contributed by atoms with van der Waals surface area (Å²) >= 11 is 0. The van der Waals surface area contributed by atoms with Gasteiger partial charge in [0.15, 0.2) is 0 Å². The van der Waals surface area contributed by atoms with Crippen LogP contribution in [0.4, 0.5) is 8.78 Å². The average Bonchev–Trinajstić information content (AvgIpc) is 3.42. The summed E-state index contributed by atoms with van der Waals surface area (Å²) in [7, 11) is 1.39. The summed E-state index contributed by atoms with van der Waals surface area (Å²) in [5.41, 5.74) is 7.51. The number of nitrogens with zero attached hydrogens (tertiary/aromatic N) is 3. The fraction of sp³-hybridized carbons (Fsp3) is 0.414. The van der Waals surface area contributed by atoms with Gasteiger partial charge in [0.2, 0.25) is 5.92 Å². The molecular formula is C29H31F2N3O3. The minimum absolute atomic E-state index is 0.0562. The number of hydrogen-bond acceptors (Lipinski definition) is 5. The van der Waals surface area contributed by atoms with Crippen molar-refractivity contribution in [3.8, 4) is 22.3 Å². The summed E-state index contributed by atoms with van der Waals surface area (Å²) < 4.78 is 39.8. The molecule has 0 amide bonds. The summed E-state index contributed by atoms with van der Waals surface area (Å²) in [5.74, 6) is -1.86. The van der Waals surface area contributed by atoms with Gasteiger partial charge in [-0.1, -0.05) is 29.4 Å². The maximum absolute atomic E-state index is 13.8. The summed E-state index contributed by atoms with van der Waals surface area (Å²) in [4.78, 5) is 16.3. The number of ether oxygens (including phenoxy) is 1. The molecule has 0 bridgehead atoms. The standard InChI is InChI=1S/C29H31F2N3O3/c1-18-27(19(2)37-33-18)23-14-25-28(32-15-23)24(17-34(25)16-21-10-12-29(30,31)13-11-21)22-7-4-20(5-8-22)6-9-26(35)36-3/h4-5,7-8,14-15,17,21H,6,9-13,16H2,1-3H3. The quantitative estimate of drug-likeness (QED) is 0.254. The number of hydrogen-bond donors (Lipinski definition) is 0. The van der Waals surface area contributed by atoms with E-state index in [1.807, 2.05) is 44.3 Å². The van der Waals surface area contributed by atoms with Crippen molar-refractivity contribution in [2.45, 2.75) is 64.8 Å². The zero-order chi connectivity index (χ0) is 26.2. The van der Waals surface area contributed by atoms with Crippen LogP contribution in [-0.2, 0) is 22.5 Å². The van der Waals surface area contributed by atoms with Gasteiger partial charge in [0.25, 0.3) is 0 Å². The lowest BCUT2D eigenvalue weighted by Crippen LogP contribution is -2.26. The molecule has 0 spiro atoms. The molecule has 0 radical (unpaired) electrons. The van der Waals surface area contributed by atoms with Gasteiger partial charge in [0.05, 0.1) is 23.8 Å². The van der Waals surface area contributed by atoms with Gasteiger partial charge in [0, 0.05) is 54.9 Å². The molecule has 3 aromatic heterocycles. The lowest BCUT2D eigenvalue weighted by Gasteiger charge is -2.28. The minimum Gasteiger partial charge on any atom is -0.469 e. The van der Waals surface area contributed by atoms with Crippen LogP contribution in [0, 0.1) is 19.8 Å². The highest BCUT2D eigenvalue weighted by Crippen LogP contribution is 2.39. The topological polar surface area (TPSA) is 70.2 Å². The molecule has 6 nitrogen and oxygen atoms in total. The van der Waals surface area contributed by atoms with E-state index in [1.165, 1.54) is 7.11 Å². The number of benzene rings is 1. The van der Waals surface area contributed by atoms with Gasteiger partial charge in [-0.3, -0.25) is 9.78 Å². The van der Waals surface area contributed by atoms with Crippen LogP contribution >= 0.6 is 0 Å². The second-order valence-corrected chi connectivity index (χ2v) is 10.1. The maximum Gasteiger partial charge on any atom is 0.305 e. The average molecular weight is 508 g/mol. The molecule has 194 valence electrons. The molecule has 1 aliphatic rings. The highest BCUT2D eigenvalue weighted by molar-refractivity contribution is 5.95. The number of methoxy groups -OCH3 is 1. The third-order valence-electron chi connectivity index (χ3n) is 7.44. The summed E-state index contributed by atoms with van der Waals surface area (Å²) in [6, 6.07) is 10.2. The van der Waals surface area contributed by atoms with Crippen LogP contribution in [0.1, 0.15) is 49.1 Å². The Balaban J connectivity index is 1.51.